The predicted molar refractivity (Wildman–Crippen MR) is 56.6 cm³/mol. The number of ketones is 1. The van der Waals surface area contributed by atoms with Gasteiger partial charge in [0.05, 0.1) is 26.6 Å². The summed E-state index contributed by atoms with van der Waals surface area (Å²) in [6.45, 7) is 3.50. The number of ether oxygens (including phenoxy) is 2. The van der Waals surface area contributed by atoms with Crippen LogP contribution in [-0.2, 0) is 23.9 Å². The van der Waals surface area contributed by atoms with E-state index in [1.54, 1.807) is 0 Å². The fraction of sp³-hybridized carbons (Fsp3) is 0.545. The van der Waals surface area contributed by atoms with Crippen LogP contribution in [0.1, 0.15) is 25.7 Å². The highest BCUT2D eigenvalue weighted by molar-refractivity contribution is 5.88. The quantitative estimate of drug-likeness (QED) is 0.352. The molecule has 0 atom stereocenters. The van der Waals surface area contributed by atoms with E-state index in [-0.39, 0.29) is 25.2 Å². The number of rotatable bonds is 8. The summed E-state index contributed by atoms with van der Waals surface area (Å²) in [7, 11) is 1.26. The van der Waals surface area contributed by atoms with Gasteiger partial charge in [-0.2, -0.15) is 0 Å². The molecule has 0 aromatic rings. The largest absolute Gasteiger partial charge is 0.469 e. The minimum atomic E-state index is -0.462. The first-order chi connectivity index (χ1) is 7.60. The number of hydrogen-bond acceptors (Lipinski definition) is 5. The molecule has 0 saturated carbocycles. The van der Waals surface area contributed by atoms with Gasteiger partial charge in [0.15, 0.2) is 5.78 Å². The van der Waals surface area contributed by atoms with Crippen LogP contribution in [0.25, 0.3) is 0 Å². The number of esters is 2. The Morgan fingerprint density at radius 2 is 1.75 bits per heavy atom. The highest BCUT2D eigenvalue weighted by Gasteiger charge is 2.07. The van der Waals surface area contributed by atoms with Gasteiger partial charge in [-0.05, 0) is 12.5 Å². The second-order valence-corrected chi connectivity index (χ2v) is 3.07. The molecule has 0 amide bonds. The molecule has 0 rings (SSSR count). The molecule has 0 saturated heterocycles. The maximum absolute atomic E-state index is 11.0. The normalized spacial score (nSPS) is 9.31. The minimum absolute atomic E-state index is 0.00206. The van der Waals surface area contributed by atoms with Gasteiger partial charge in [-0.3, -0.25) is 14.4 Å². The van der Waals surface area contributed by atoms with Gasteiger partial charge in [-0.1, -0.05) is 6.58 Å². The number of allylic oxidation sites excluding steroid dienone is 1. The van der Waals surface area contributed by atoms with Crippen molar-refractivity contribution in [2.75, 3.05) is 13.7 Å². The Morgan fingerprint density at radius 1 is 1.12 bits per heavy atom. The molecule has 5 nitrogen and oxygen atoms in total. The van der Waals surface area contributed by atoms with Crippen LogP contribution in [0.2, 0.25) is 0 Å². The summed E-state index contributed by atoms with van der Waals surface area (Å²) in [6, 6.07) is 0. The summed E-state index contributed by atoms with van der Waals surface area (Å²) in [6.07, 6.45) is 2.03. The zero-order chi connectivity index (χ0) is 12.4. The van der Waals surface area contributed by atoms with Crippen LogP contribution >= 0.6 is 0 Å². The molecule has 0 bridgehead atoms. The van der Waals surface area contributed by atoms with E-state index in [4.69, 9.17) is 4.74 Å². The molecule has 0 fully saturated rings. The van der Waals surface area contributed by atoms with Gasteiger partial charge in [-0.25, -0.2) is 0 Å². The van der Waals surface area contributed by atoms with Crippen molar-refractivity contribution >= 4 is 17.7 Å². The molecule has 5 heteroatoms. The molecule has 0 aliphatic rings. The molecule has 0 spiro atoms. The first-order valence-electron chi connectivity index (χ1n) is 4.98. The van der Waals surface area contributed by atoms with Gasteiger partial charge in [0.25, 0.3) is 0 Å². The molecule has 0 N–H and O–H groups in total. The summed E-state index contributed by atoms with van der Waals surface area (Å²) >= 11 is 0. The van der Waals surface area contributed by atoms with E-state index in [1.165, 1.54) is 13.2 Å². The average molecular weight is 228 g/mol. The van der Waals surface area contributed by atoms with Crippen LogP contribution in [-0.4, -0.2) is 31.4 Å². The number of methoxy groups -OCH3 is 1. The number of carbonyl (C=O) groups is 3. The number of hydrogen-bond donors (Lipinski definition) is 0. The van der Waals surface area contributed by atoms with Gasteiger partial charge in [-0.15, -0.1) is 0 Å². The number of carbonyl (C=O) groups excluding carboxylic acids is 3. The standard InChI is InChI=1S/C11H16O5/c1-3-9(12)5-4-8-16-11(14)7-6-10(13)15-2/h3H,1,4-8H2,2H3. The summed E-state index contributed by atoms with van der Waals surface area (Å²) in [5, 5.41) is 0. The Balaban J connectivity index is 3.47. The molecule has 0 aliphatic heterocycles. The van der Waals surface area contributed by atoms with Crippen LogP contribution in [0.3, 0.4) is 0 Å². The van der Waals surface area contributed by atoms with Crippen LogP contribution < -0.4 is 0 Å². The SMILES string of the molecule is C=CC(=O)CCCOC(=O)CCC(=O)OC. The molecule has 0 unspecified atom stereocenters. The Kier molecular flexibility index (Phi) is 7.75. The lowest BCUT2D eigenvalue weighted by Gasteiger charge is -2.03. The summed E-state index contributed by atoms with van der Waals surface area (Å²) in [5.74, 6) is -0.985. The average Bonchev–Trinajstić information content (AvgIpc) is 2.31. The third-order valence-corrected chi connectivity index (χ3v) is 1.82. The summed E-state index contributed by atoms with van der Waals surface area (Å²) in [5.41, 5.74) is 0. The van der Waals surface area contributed by atoms with Crippen molar-refractivity contribution in [1.82, 2.24) is 0 Å². The van der Waals surface area contributed by atoms with E-state index in [1.807, 2.05) is 0 Å². The molecule has 90 valence electrons. The van der Waals surface area contributed by atoms with E-state index in [0.717, 1.165) is 0 Å². The smallest absolute Gasteiger partial charge is 0.306 e. The van der Waals surface area contributed by atoms with Gasteiger partial charge in [0.2, 0.25) is 0 Å². The Labute approximate surface area is 94.4 Å². The summed E-state index contributed by atoms with van der Waals surface area (Å²) in [4.78, 5) is 32.5. The first-order valence-corrected chi connectivity index (χ1v) is 4.98. The Morgan fingerprint density at radius 3 is 2.31 bits per heavy atom. The Bertz CT molecular complexity index is 270. The molecular formula is C11H16O5. The van der Waals surface area contributed by atoms with Gasteiger partial charge >= 0.3 is 11.9 Å². The molecule has 0 aromatic heterocycles. The van der Waals surface area contributed by atoms with E-state index in [0.29, 0.717) is 12.8 Å². The topological polar surface area (TPSA) is 69.7 Å². The van der Waals surface area contributed by atoms with Crippen LogP contribution in [0.5, 0.6) is 0 Å². The van der Waals surface area contributed by atoms with Crippen molar-refractivity contribution < 1.29 is 23.9 Å². The van der Waals surface area contributed by atoms with E-state index in [2.05, 4.69) is 11.3 Å². The van der Waals surface area contributed by atoms with Gasteiger partial charge in [0, 0.05) is 6.42 Å². The highest BCUT2D eigenvalue weighted by atomic mass is 16.5. The zero-order valence-corrected chi connectivity index (χ0v) is 9.36. The van der Waals surface area contributed by atoms with E-state index in [9.17, 15) is 14.4 Å². The maximum atomic E-state index is 11.0. The molecule has 16 heavy (non-hydrogen) atoms. The second kappa shape index (κ2) is 8.64. The zero-order valence-electron chi connectivity index (χ0n) is 9.36. The minimum Gasteiger partial charge on any atom is -0.469 e. The lowest BCUT2D eigenvalue weighted by atomic mass is 10.2. The van der Waals surface area contributed by atoms with Crippen molar-refractivity contribution in [3.8, 4) is 0 Å². The fourth-order valence-corrected chi connectivity index (χ4v) is 0.913. The highest BCUT2D eigenvalue weighted by Crippen LogP contribution is 1.98. The van der Waals surface area contributed by atoms with Crippen LogP contribution in [0.15, 0.2) is 12.7 Å². The van der Waals surface area contributed by atoms with Gasteiger partial charge in [0.1, 0.15) is 0 Å². The van der Waals surface area contributed by atoms with E-state index < -0.39 is 11.9 Å². The third kappa shape index (κ3) is 7.73. The molecule has 0 aromatic carbocycles. The first kappa shape index (κ1) is 14.3. The lowest BCUT2D eigenvalue weighted by Crippen LogP contribution is -2.10. The van der Waals surface area contributed by atoms with Crippen molar-refractivity contribution in [3.63, 3.8) is 0 Å². The van der Waals surface area contributed by atoms with E-state index >= 15 is 0 Å². The van der Waals surface area contributed by atoms with Crippen molar-refractivity contribution in [1.29, 1.82) is 0 Å². The van der Waals surface area contributed by atoms with Gasteiger partial charge < -0.3 is 9.47 Å². The van der Waals surface area contributed by atoms with Crippen molar-refractivity contribution in [2.24, 2.45) is 0 Å². The molecule has 0 aliphatic carbocycles. The van der Waals surface area contributed by atoms with Crippen LogP contribution in [0, 0.1) is 0 Å². The lowest BCUT2D eigenvalue weighted by molar-refractivity contribution is -0.149. The van der Waals surface area contributed by atoms with Crippen molar-refractivity contribution in [2.45, 2.75) is 25.7 Å². The molecular weight excluding hydrogens is 212 g/mol. The molecule has 0 heterocycles. The third-order valence-electron chi connectivity index (χ3n) is 1.82. The Hall–Kier alpha value is -1.65. The maximum Gasteiger partial charge on any atom is 0.306 e. The summed E-state index contributed by atoms with van der Waals surface area (Å²) < 4.78 is 9.17. The molecule has 0 radical (unpaired) electrons. The predicted octanol–water partition coefficient (Wildman–Crippen LogP) is 1.02. The van der Waals surface area contributed by atoms with Crippen molar-refractivity contribution in [3.05, 3.63) is 12.7 Å². The fourth-order valence-electron chi connectivity index (χ4n) is 0.913. The monoisotopic (exact) mass is 228 g/mol. The second-order valence-electron chi connectivity index (χ2n) is 3.07. The van der Waals surface area contributed by atoms with Crippen LogP contribution in [0.4, 0.5) is 0 Å².